The minimum atomic E-state index is 0.458. The number of hydrogen-bond acceptors (Lipinski definition) is 5. The minimum absolute atomic E-state index is 0.458. The molecule has 4 nitrogen and oxygen atoms in total. The van der Waals surface area contributed by atoms with Gasteiger partial charge in [0.2, 0.25) is 5.89 Å². The summed E-state index contributed by atoms with van der Waals surface area (Å²) in [6, 6.07) is 13.0. The van der Waals surface area contributed by atoms with Crippen molar-refractivity contribution in [3.05, 3.63) is 53.2 Å². The average molecular weight is 297 g/mol. The van der Waals surface area contributed by atoms with Gasteiger partial charge in [0, 0.05) is 11.7 Å². The molecule has 0 saturated carbocycles. The van der Waals surface area contributed by atoms with Crippen molar-refractivity contribution >= 4 is 17.0 Å². The molecule has 1 aromatic carbocycles. The van der Waals surface area contributed by atoms with Crippen LogP contribution in [0.25, 0.3) is 10.8 Å². The predicted molar refractivity (Wildman–Crippen MR) is 83.4 cm³/mol. The van der Waals surface area contributed by atoms with Crippen molar-refractivity contribution in [1.82, 2.24) is 10.2 Å². The SMILES string of the molecule is CC1Cc2ccccc2N1Cc1nnc(-c2cccs2)o1. The van der Waals surface area contributed by atoms with Gasteiger partial charge < -0.3 is 9.32 Å². The van der Waals surface area contributed by atoms with Crippen LogP contribution in [-0.4, -0.2) is 16.2 Å². The van der Waals surface area contributed by atoms with Gasteiger partial charge in [-0.2, -0.15) is 0 Å². The van der Waals surface area contributed by atoms with E-state index in [-0.39, 0.29) is 0 Å². The van der Waals surface area contributed by atoms with Gasteiger partial charge in [-0.3, -0.25) is 0 Å². The van der Waals surface area contributed by atoms with Crippen LogP contribution in [0.2, 0.25) is 0 Å². The molecule has 0 radical (unpaired) electrons. The highest BCUT2D eigenvalue weighted by atomic mass is 32.1. The van der Waals surface area contributed by atoms with Crippen LogP contribution in [0, 0.1) is 0 Å². The second-order valence-electron chi connectivity index (χ2n) is 5.29. The number of aromatic nitrogens is 2. The molecule has 1 aliphatic heterocycles. The number of anilines is 1. The lowest BCUT2D eigenvalue weighted by atomic mass is 10.1. The molecule has 0 N–H and O–H groups in total. The number of hydrogen-bond donors (Lipinski definition) is 0. The molecule has 5 heteroatoms. The summed E-state index contributed by atoms with van der Waals surface area (Å²) in [6.45, 7) is 2.90. The Balaban J connectivity index is 1.59. The molecule has 3 heterocycles. The van der Waals surface area contributed by atoms with Crippen LogP contribution in [0.15, 0.2) is 46.2 Å². The van der Waals surface area contributed by atoms with E-state index in [4.69, 9.17) is 4.42 Å². The summed E-state index contributed by atoms with van der Waals surface area (Å²) in [5, 5.41) is 10.4. The molecule has 1 aliphatic rings. The molecule has 1 unspecified atom stereocenters. The van der Waals surface area contributed by atoms with Crippen molar-refractivity contribution in [1.29, 1.82) is 0 Å². The van der Waals surface area contributed by atoms with E-state index >= 15 is 0 Å². The zero-order chi connectivity index (χ0) is 14.2. The van der Waals surface area contributed by atoms with Gasteiger partial charge in [0.05, 0.1) is 11.4 Å². The Bertz CT molecular complexity index is 750. The van der Waals surface area contributed by atoms with Gasteiger partial charge in [0.15, 0.2) is 0 Å². The van der Waals surface area contributed by atoms with Crippen LogP contribution < -0.4 is 4.90 Å². The topological polar surface area (TPSA) is 42.2 Å². The smallest absolute Gasteiger partial charge is 0.257 e. The van der Waals surface area contributed by atoms with E-state index in [2.05, 4.69) is 46.3 Å². The first-order valence-electron chi connectivity index (χ1n) is 7.02. The maximum absolute atomic E-state index is 5.80. The normalized spacial score (nSPS) is 17.2. The molecule has 21 heavy (non-hydrogen) atoms. The summed E-state index contributed by atoms with van der Waals surface area (Å²) in [7, 11) is 0. The summed E-state index contributed by atoms with van der Waals surface area (Å²) in [5.41, 5.74) is 2.67. The molecule has 0 spiro atoms. The highest BCUT2D eigenvalue weighted by molar-refractivity contribution is 7.13. The fraction of sp³-hybridized carbons (Fsp3) is 0.250. The molecule has 0 saturated heterocycles. The molecule has 0 fully saturated rings. The Morgan fingerprint density at radius 3 is 3.00 bits per heavy atom. The van der Waals surface area contributed by atoms with Gasteiger partial charge in [-0.25, -0.2) is 0 Å². The molecule has 1 atom stereocenters. The maximum Gasteiger partial charge on any atom is 0.257 e. The van der Waals surface area contributed by atoms with Gasteiger partial charge in [-0.15, -0.1) is 21.5 Å². The number of benzene rings is 1. The van der Waals surface area contributed by atoms with E-state index < -0.39 is 0 Å². The highest BCUT2D eigenvalue weighted by Crippen LogP contribution is 2.33. The van der Waals surface area contributed by atoms with E-state index in [1.54, 1.807) is 11.3 Å². The summed E-state index contributed by atoms with van der Waals surface area (Å²) in [4.78, 5) is 3.35. The van der Waals surface area contributed by atoms with E-state index in [0.29, 0.717) is 24.4 Å². The molecule has 3 aromatic rings. The highest BCUT2D eigenvalue weighted by Gasteiger charge is 2.27. The third-order valence-corrected chi connectivity index (χ3v) is 4.71. The Hall–Kier alpha value is -2.14. The number of rotatable bonds is 3. The lowest BCUT2D eigenvalue weighted by Gasteiger charge is -2.22. The van der Waals surface area contributed by atoms with E-state index in [0.717, 1.165) is 11.3 Å². The quantitative estimate of drug-likeness (QED) is 0.738. The standard InChI is InChI=1S/C16H15N3OS/c1-11-9-12-5-2-3-6-13(12)19(11)10-15-17-18-16(20-15)14-7-4-8-21-14/h2-8,11H,9-10H2,1H3. The molecule has 106 valence electrons. The van der Waals surface area contributed by atoms with Crippen molar-refractivity contribution in [2.45, 2.75) is 25.9 Å². The monoisotopic (exact) mass is 297 g/mol. The fourth-order valence-electron chi connectivity index (χ4n) is 2.83. The van der Waals surface area contributed by atoms with Gasteiger partial charge in [-0.1, -0.05) is 24.3 Å². The van der Waals surface area contributed by atoms with Crippen LogP contribution in [0.3, 0.4) is 0 Å². The Morgan fingerprint density at radius 1 is 1.24 bits per heavy atom. The first-order chi connectivity index (χ1) is 10.3. The molecule has 2 aromatic heterocycles. The lowest BCUT2D eigenvalue weighted by molar-refractivity contribution is 0.489. The summed E-state index contributed by atoms with van der Waals surface area (Å²) in [5.74, 6) is 1.28. The predicted octanol–water partition coefficient (Wildman–Crippen LogP) is 3.75. The Morgan fingerprint density at radius 2 is 2.14 bits per heavy atom. The number of nitrogens with zero attached hydrogens (tertiary/aromatic N) is 3. The van der Waals surface area contributed by atoms with Crippen molar-refractivity contribution in [3.8, 4) is 10.8 Å². The van der Waals surface area contributed by atoms with Crippen LogP contribution >= 0.6 is 11.3 Å². The zero-order valence-corrected chi connectivity index (χ0v) is 12.5. The third-order valence-electron chi connectivity index (χ3n) is 3.85. The van der Waals surface area contributed by atoms with Crippen LogP contribution in [-0.2, 0) is 13.0 Å². The van der Waals surface area contributed by atoms with Gasteiger partial charge >= 0.3 is 0 Å². The Kier molecular flexibility index (Phi) is 3.00. The average Bonchev–Trinajstić information content (AvgIpc) is 3.20. The zero-order valence-electron chi connectivity index (χ0n) is 11.7. The maximum atomic E-state index is 5.80. The molecular formula is C16H15N3OS. The Labute approximate surface area is 127 Å². The molecule has 0 bridgehead atoms. The van der Waals surface area contributed by atoms with Crippen molar-refractivity contribution in [2.24, 2.45) is 0 Å². The lowest BCUT2D eigenvalue weighted by Crippen LogP contribution is -2.28. The summed E-state index contributed by atoms with van der Waals surface area (Å²) < 4.78 is 5.80. The molecule has 4 rings (SSSR count). The second kappa shape index (κ2) is 5.00. The first-order valence-corrected chi connectivity index (χ1v) is 7.90. The number of para-hydroxylation sites is 1. The molecule has 0 aliphatic carbocycles. The summed E-state index contributed by atoms with van der Waals surface area (Å²) in [6.07, 6.45) is 1.07. The number of fused-ring (bicyclic) bond motifs is 1. The largest absolute Gasteiger partial charge is 0.418 e. The minimum Gasteiger partial charge on any atom is -0.418 e. The van der Waals surface area contributed by atoms with Gasteiger partial charge in [0.25, 0.3) is 5.89 Å². The second-order valence-corrected chi connectivity index (χ2v) is 6.24. The molecular weight excluding hydrogens is 282 g/mol. The van der Waals surface area contributed by atoms with E-state index in [9.17, 15) is 0 Å². The first kappa shape index (κ1) is 12.6. The number of thiophene rings is 1. The fourth-order valence-corrected chi connectivity index (χ4v) is 3.48. The van der Waals surface area contributed by atoms with E-state index in [1.807, 2.05) is 17.5 Å². The van der Waals surface area contributed by atoms with Gasteiger partial charge in [-0.05, 0) is 36.4 Å². The van der Waals surface area contributed by atoms with Crippen molar-refractivity contribution in [2.75, 3.05) is 4.90 Å². The van der Waals surface area contributed by atoms with Crippen LogP contribution in [0.4, 0.5) is 5.69 Å². The third kappa shape index (κ3) is 2.23. The van der Waals surface area contributed by atoms with Crippen LogP contribution in [0.1, 0.15) is 18.4 Å². The molecule has 0 amide bonds. The summed E-state index contributed by atoms with van der Waals surface area (Å²) >= 11 is 1.61. The van der Waals surface area contributed by atoms with Crippen molar-refractivity contribution in [3.63, 3.8) is 0 Å². The van der Waals surface area contributed by atoms with Gasteiger partial charge in [0.1, 0.15) is 0 Å². The van der Waals surface area contributed by atoms with Crippen molar-refractivity contribution < 1.29 is 4.42 Å². The van der Waals surface area contributed by atoms with E-state index in [1.165, 1.54) is 11.3 Å². The van der Waals surface area contributed by atoms with Crippen LogP contribution in [0.5, 0.6) is 0 Å².